The zero-order chi connectivity index (χ0) is 20.8. The van der Waals surface area contributed by atoms with Crippen LogP contribution < -0.4 is 10.1 Å². The van der Waals surface area contributed by atoms with Crippen molar-refractivity contribution >= 4 is 34.1 Å². The average Bonchev–Trinajstić information content (AvgIpc) is 3.30. The fraction of sp³-hybridized carbons (Fsp3) is 0.0800. The second-order valence-electron chi connectivity index (χ2n) is 7.40. The van der Waals surface area contributed by atoms with Crippen molar-refractivity contribution in [2.24, 2.45) is 0 Å². The van der Waals surface area contributed by atoms with Crippen molar-refractivity contribution in [2.75, 3.05) is 12.4 Å². The average molecular weight is 396 g/mol. The molecular weight excluding hydrogens is 376 g/mol. The monoisotopic (exact) mass is 396 g/mol. The van der Waals surface area contributed by atoms with E-state index in [2.05, 4.69) is 29.4 Å². The number of aromatic nitrogens is 1. The molecule has 1 aliphatic rings. The number of H-pyrrole nitrogens is 1. The lowest BCUT2D eigenvalue weighted by Gasteiger charge is -2.08. The lowest BCUT2D eigenvalue weighted by Crippen LogP contribution is -2.03. The van der Waals surface area contributed by atoms with Crippen molar-refractivity contribution in [1.29, 1.82) is 0 Å². The number of rotatable bonds is 3. The van der Waals surface area contributed by atoms with E-state index in [4.69, 9.17) is 4.74 Å². The van der Waals surface area contributed by atoms with E-state index in [0.29, 0.717) is 11.3 Å². The summed E-state index contributed by atoms with van der Waals surface area (Å²) in [5, 5.41) is 13.9. The SMILES string of the molecule is COc1cc(-c2ccc3c(c2)C(=Cc2c[nH]c4c(C)cccc24)C(=O)N3)ccc1O. The van der Waals surface area contributed by atoms with Crippen molar-refractivity contribution in [3.05, 3.63) is 77.5 Å². The number of fused-ring (bicyclic) bond motifs is 2. The quantitative estimate of drug-likeness (QED) is 0.409. The first kappa shape index (κ1) is 18.1. The molecule has 0 fully saturated rings. The van der Waals surface area contributed by atoms with E-state index >= 15 is 0 Å². The molecule has 5 heteroatoms. The summed E-state index contributed by atoms with van der Waals surface area (Å²) in [5.41, 5.74) is 7.31. The van der Waals surface area contributed by atoms with Gasteiger partial charge in [-0.05, 0) is 54.0 Å². The molecule has 0 radical (unpaired) electrons. The summed E-state index contributed by atoms with van der Waals surface area (Å²) in [4.78, 5) is 16.0. The Bertz CT molecular complexity index is 1350. The summed E-state index contributed by atoms with van der Waals surface area (Å²) in [6, 6.07) is 17.2. The zero-order valence-electron chi connectivity index (χ0n) is 16.6. The number of nitrogens with one attached hydrogen (secondary N) is 2. The van der Waals surface area contributed by atoms with Gasteiger partial charge in [-0.1, -0.05) is 30.3 Å². The molecule has 0 aliphatic carbocycles. The third-order valence-electron chi connectivity index (χ3n) is 5.57. The summed E-state index contributed by atoms with van der Waals surface area (Å²) in [6.07, 6.45) is 3.87. The highest BCUT2D eigenvalue weighted by Crippen LogP contribution is 2.38. The van der Waals surface area contributed by atoms with E-state index < -0.39 is 0 Å². The normalized spacial score (nSPS) is 14.2. The van der Waals surface area contributed by atoms with E-state index in [1.165, 1.54) is 7.11 Å². The van der Waals surface area contributed by atoms with E-state index in [1.807, 2.05) is 42.6 Å². The molecule has 1 aliphatic heterocycles. The molecule has 3 aromatic carbocycles. The Balaban J connectivity index is 1.62. The van der Waals surface area contributed by atoms with Gasteiger partial charge in [0, 0.05) is 39.5 Å². The number of aromatic hydroxyl groups is 1. The minimum atomic E-state index is -0.118. The van der Waals surface area contributed by atoms with Gasteiger partial charge in [0.2, 0.25) is 0 Å². The van der Waals surface area contributed by atoms with Crippen LogP contribution in [0.15, 0.2) is 60.8 Å². The van der Waals surface area contributed by atoms with Gasteiger partial charge >= 0.3 is 0 Å². The number of phenols is 1. The largest absolute Gasteiger partial charge is 0.504 e. The Hall–Kier alpha value is -3.99. The summed E-state index contributed by atoms with van der Waals surface area (Å²) < 4.78 is 5.23. The molecule has 3 N–H and O–H groups in total. The topological polar surface area (TPSA) is 74.4 Å². The summed E-state index contributed by atoms with van der Waals surface area (Å²) in [6.45, 7) is 2.06. The van der Waals surface area contributed by atoms with Crippen LogP contribution in [0, 0.1) is 6.92 Å². The summed E-state index contributed by atoms with van der Waals surface area (Å²) >= 11 is 0. The van der Waals surface area contributed by atoms with E-state index in [1.54, 1.807) is 12.1 Å². The highest BCUT2D eigenvalue weighted by atomic mass is 16.5. The van der Waals surface area contributed by atoms with Gasteiger partial charge in [-0.25, -0.2) is 0 Å². The first-order chi connectivity index (χ1) is 14.5. The van der Waals surface area contributed by atoms with Gasteiger partial charge in [0.05, 0.1) is 7.11 Å². The molecule has 5 rings (SSSR count). The third kappa shape index (κ3) is 2.83. The lowest BCUT2D eigenvalue weighted by molar-refractivity contribution is -0.110. The van der Waals surface area contributed by atoms with Crippen LogP contribution >= 0.6 is 0 Å². The molecule has 5 nitrogen and oxygen atoms in total. The Morgan fingerprint density at radius 2 is 1.83 bits per heavy atom. The Morgan fingerprint density at radius 1 is 1.03 bits per heavy atom. The summed E-state index contributed by atoms with van der Waals surface area (Å²) in [7, 11) is 1.52. The van der Waals surface area contributed by atoms with Gasteiger partial charge in [0.1, 0.15) is 0 Å². The van der Waals surface area contributed by atoms with Gasteiger partial charge < -0.3 is 20.1 Å². The second-order valence-corrected chi connectivity index (χ2v) is 7.40. The zero-order valence-corrected chi connectivity index (χ0v) is 16.6. The Kier molecular flexibility index (Phi) is 4.10. The number of para-hydroxylation sites is 1. The van der Waals surface area contributed by atoms with Crippen LogP contribution in [0.25, 0.3) is 33.7 Å². The molecule has 0 saturated heterocycles. The molecule has 1 aromatic heterocycles. The number of carbonyl (C=O) groups is 1. The number of methoxy groups -OCH3 is 1. The van der Waals surface area contributed by atoms with E-state index in [-0.39, 0.29) is 11.7 Å². The highest BCUT2D eigenvalue weighted by Gasteiger charge is 2.25. The van der Waals surface area contributed by atoms with Gasteiger partial charge in [0.25, 0.3) is 5.91 Å². The molecule has 148 valence electrons. The fourth-order valence-electron chi connectivity index (χ4n) is 3.97. The number of carbonyl (C=O) groups excluding carboxylic acids is 1. The molecule has 1 amide bonds. The molecule has 0 spiro atoms. The molecule has 0 atom stereocenters. The molecule has 2 heterocycles. The van der Waals surface area contributed by atoms with Crippen LogP contribution in [0.1, 0.15) is 16.7 Å². The lowest BCUT2D eigenvalue weighted by atomic mass is 9.98. The number of hydrogen-bond donors (Lipinski definition) is 3. The van der Waals surface area contributed by atoms with E-state index in [9.17, 15) is 9.90 Å². The number of ether oxygens (including phenoxy) is 1. The van der Waals surface area contributed by atoms with Crippen LogP contribution in [0.3, 0.4) is 0 Å². The van der Waals surface area contributed by atoms with Gasteiger partial charge in [-0.3, -0.25) is 4.79 Å². The van der Waals surface area contributed by atoms with Gasteiger partial charge in [-0.2, -0.15) is 0 Å². The minimum absolute atomic E-state index is 0.0921. The Labute approximate surface area is 173 Å². The van der Waals surface area contributed by atoms with Crippen LogP contribution in [0.5, 0.6) is 11.5 Å². The number of phenolic OH excluding ortho intramolecular Hbond substituents is 1. The first-order valence-electron chi connectivity index (χ1n) is 9.66. The van der Waals surface area contributed by atoms with Crippen molar-refractivity contribution in [1.82, 2.24) is 4.98 Å². The number of amides is 1. The maximum absolute atomic E-state index is 12.7. The minimum Gasteiger partial charge on any atom is -0.504 e. The van der Waals surface area contributed by atoms with Crippen molar-refractivity contribution in [2.45, 2.75) is 6.92 Å². The van der Waals surface area contributed by atoms with Crippen LogP contribution in [-0.4, -0.2) is 23.1 Å². The first-order valence-corrected chi connectivity index (χ1v) is 9.66. The molecular formula is C25H20N2O3. The predicted molar refractivity (Wildman–Crippen MR) is 120 cm³/mol. The van der Waals surface area contributed by atoms with Crippen molar-refractivity contribution < 1.29 is 14.6 Å². The maximum Gasteiger partial charge on any atom is 0.256 e. The number of hydrogen-bond acceptors (Lipinski definition) is 3. The standard InChI is InChI=1S/C25H20N2O3/c1-14-4-3-5-18-17(13-26-24(14)18)11-20-19-10-15(6-8-21(19)27-25(20)29)16-7-9-22(28)23(12-16)30-2/h3-13,26,28H,1-2H3,(H,27,29). The van der Waals surface area contributed by atoms with Crippen LogP contribution in [-0.2, 0) is 4.79 Å². The highest BCUT2D eigenvalue weighted by molar-refractivity contribution is 6.35. The summed E-state index contributed by atoms with van der Waals surface area (Å²) in [5.74, 6) is 0.383. The number of aromatic amines is 1. The molecule has 30 heavy (non-hydrogen) atoms. The smallest absolute Gasteiger partial charge is 0.256 e. The third-order valence-corrected chi connectivity index (χ3v) is 5.57. The van der Waals surface area contributed by atoms with Crippen molar-refractivity contribution in [3.63, 3.8) is 0 Å². The fourth-order valence-corrected chi connectivity index (χ4v) is 3.97. The molecule has 0 saturated carbocycles. The molecule has 4 aromatic rings. The Morgan fingerprint density at radius 3 is 2.67 bits per heavy atom. The van der Waals surface area contributed by atoms with Gasteiger partial charge in [-0.15, -0.1) is 0 Å². The van der Waals surface area contributed by atoms with Gasteiger partial charge in [0.15, 0.2) is 11.5 Å². The number of anilines is 1. The molecule has 0 bridgehead atoms. The predicted octanol–water partition coefficient (Wildman–Crippen LogP) is 5.35. The molecule has 0 unspecified atom stereocenters. The van der Waals surface area contributed by atoms with Crippen LogP contribution in [0.4, 0.5) is 5.69 Å². The van der Waals surface area contributed by atoms with Crippen molar-refractivity contribution in [3.8, 4) is 22.6 Å². The van der Waals surface area contributed by atoms with E-state index in [0.717, 1.165) is 44.4 Å². The number of aryl methyl sites for hydroxylation is 1. The number of benzene rings is 3. The maximum atomic E-state index is 12.7. The van der Waals surface area contributed by atoms with Crippen LogP contribution in [0.2, 0.25) is 0 Å². The second kappa shape index (κ2) is 6.81.